The molecule has 0 aromatic heterocycles. The van der Waals surface area contributed by atoms with Gasteiger partial charge in [0.1, 0.15) is 5.82 Å². The third-order valence-corrected chi connectivity index (χ3v) is 2.82. The van der Waals surface area contributed by atoms with E-state index in [1.165, 1.54) is 12.1 Å². The van der Waals surface area contributed by atoms with Crippen LogP contribution < -0.4 is 10.6 Å². The van der Waals surface area contributed by atoms with Gasteiger partial charge in [-0.1, -0.05) is 12.1 Å². The summed E-state index contributed by atoms with van der Waals surface area (Å²) in [6, 6.07) is 5.99. The third kappa shape index (κ3) is 5.26. The highest BCUT2D eigenvalue weighted by molar-refractivity contribution is 5.74. The molecule has 1 aromatic rings. The average Bonchev–Trinajstić information content (AvgIpc) is 2.27. The summed E-state index contributed by atoms with van der Waals surface area (Å²) >= 11 is 0. The number of urea groups is 1. The molecule has 0 aliphatic carbocycles. The lowest BCUT2D eigenvalue weighted by atomic mass is 9.94. The first kappa shape index (κ1) is 15.4. The van der Waals surface area contributed by atoms with Crippen molar-refractivity contribution in [3.63, 3.8) is 0 Å². The van der Waals surface area contributed by atoms with Gasteiger partial charge < -0.3 is 15.5 Å². The fourth-order valence-electron chi connectivity index (χ4n) is 1.67. The van der Waals surface area contributed by atoms with E-state index in [0.717, 1.165) is 12.1 Å². The summed E-state index contributed by atoms with van der Waals surface area (Å²) < 4.78 is 13.2. The molecule has 2 N–H and O–H groups in total. The van der Waals surface area contributed by atoms with Crippen molar-refractivity contribution in [1.82, 2.24) is 15.5 Å². The van der Waals surface area contributed by atoms with Crippen molar-refractivity contribution in [2.45, 2.75) is 19.4 Å². The molecule has 1 rings (SSSR count). The van der Waals surface area contributed by atoms with E-state index in [-0.39, 0.29) is 11.8 Å². The largest absolute Gasteiger partial charge is 0.337 e. The minimum atomic E-state index is -0.621. The molecule has 0 spiro atoms. The maximum absolute atomic E-state index is 13.2. The van der Waals surface area contributed by atoms with Crippen LogP contribution in [0.4, 0.5) is 9.18 Å². The maximum atomic E-state index is 13.2. The summed E-state index contributed by atoms with van der Waals surface area (Å²) in [6.45, 7) is 5.02. The molecular weight excluding hydrogens is 245 g/mol. The van der Waals surface area contributed by atoms with E-state index in [0.29, 0.717) is 6.54 Å². The van der Waals surface area contributed by atoms with Gasteiger partial charge in [-0.25, -0.2) is 9.18 Å². The Morgan fingerprint density at radius 1 is 1.37 bits per heavy atom. The van der Waals surface area contributed by atoms with Crippen molar-refractivity contribution in [2.24, 2.45) is 0 Å². The molecule has 1 aromatic carbocycles. The molecule has 0 fully saturated rings. The summed E-state index contributed by atoms with van der Waals surface area (Å²) in [5.41, 5.74) is 0.111. The molecule has 4 nitrogen and oxygen atoms in total. The summed E-state index contributed by atoms with van der Waals surface area (Å²) in [4.78, 5) is 13.7. The topological polar surface area (TPSA) is 44.4 Å². The molecule has 0 saturated heterocycles. The van der Waals surface area contributed by atoms with Crippen LogP contribution in [0.1, 0.15) is 19.4 Å². The highest BCUT2D eigenvalue weighted by atomic mass is 19.1. The minimum Gasteiger partial charge on any atom is -0.337 e. The van der Waals surface area contributed by atoms with Crippen LogP contribution in [0.3, 0.4) is 0 Å². The number of amides is 2. The van der Waals surface area contributed by atoms with Crippen LogP contribution in [0.15, 0.2) is 24.3 Å². The number of likely N-dealkylation sites (N-methyl/N-ethyl adjacent to an activating group) is 1. The lowest BCUT2D eigenvalue weighted by Crippen LogP contribution is -2.47. The van der Waals surface area contributed by atoms with E-state index < -0.39 is 5.54 Å². The quantitative estimate of drug-likeness (QED) is 0.856. The van der Waals surface area contributed by atoms with Crippen molar-refractivity contribution < 1.29 is 9.18 Å². The number of rotatable bonds is 5. The van der Waals surface area contributed by atoms with Gasteiger partial charge in [-0.05, 0) is 45.6 Å². The Morgan fingerprint density at radius 3 is 2.63 bits per heavy atom. The van der Waals surface area contributed by atoms with E-state index >= 15 is 0 Å². The normalized spacial score (nSPS) is 11.5. The predicted octanol–water partition coefficient (Wildman–Crippen LogP) is 1.92. The van der Waals surface area contributed by atoms with Gasteiger partial charge in [0.25, 0.3) is 0 Å². The molecule has 19 heavy (non-hydrogen) atoms. The number of carbonyl (C=O) groups is 1. The summed E-state index contributed by atoms with van der Waals surface area (Å²) in [7, 11) is 3.88. The minimum absolute atomic E-state index is 0.254. The molecule has 0 aliphatic rings. The zero-order valence-electron chi connectivity index (χ0n) is 12.0. The van der Waals surface area contributed by atoms with Gasteiger partial charge in [-0.2, -0.15) is 0 Å². The number of hydrogen-bond donors (Lipinski definition) is 2. The zero-order valence-corrected chi connectivity index (χ0v) is 12.0. The summed E-state index contributed by atoms with van der Waals surface area (Å²) in [5.74, 6) is -0.305. The first-order valence-electron chi connectivity index (χ1n) is 6.28. The molecule has 0 aliphatic heterocycles. The zero-order chi connectivity index (χ0) is 14.5. The Kier molecular flexibility index (Phi) is 5.30. The summed E-state index contributed by atoms with van der Waals surface area (Å²) in [6.07, 6.45) is 0. The van der Waals surface area contributed by atoms with Gasteiger partial charge in [0, 0.05) is 13.1 Å². The van der Waals surface area contributed by atoms with Gasteiger partial charge in [-0.3, -0.25) is 0 Å². The molecule has 0 atom stereocenters. The van der Waals surface area contributed by atoms with E-state index in [2.05, 4.69) is 10.6 Å². The monoisotopic (exact) mass is 267 g/mol. The Labute approximate surface area is 114 Å². The Morgan fingerprint density at radius 2 is 2.05 bits per heavy atom. The fourth-order valence-corrected chi connectivity index (χ4v) is 1.67. The van der Waals surface area contributed by atoms with Gasteiger partial charge in [-0.15, -0.1) is 0 Å². The number of benzene rings is 1. The van der Waals surface area contributed by atoms with E-state index in [9.17, 15) is 9.18 Å². The molecule has 0 saturated carbocycles. The van der Waals surface area contributed by atoms with Crippen LogP contribution in [0, 0.1) is 5.82 Å². The molecule has 2 amide bonds. The number of nitrogens with zero attached hydrogens (tertiary/aromatic N) is 1. The molecule has 5 heteroatoms. The van der Waals surface area contributed by atoms with Crippen LogP contribution >= 0.6 is 0 Å². The molecular formula is C14H22FN3O. The molecule has 0 heterocycles. The van der Waals surface area contributed by atoms with Crippen molar-refractivity contribution in [1.29, 1.82) is 0 Å². The van der Waals surface area contributed by atoms with E-state index in [1.54, 1.807) is 12.1 Å². The van der Waals surface area contributed by atoms with Crippen molar-refractivity contribution >= 4 is 6.03 Å². The van der Waals surface area contributed by atoms with Crippen molar-refractivity contribution in [3.8, 4) is 0 Å². The predicted molar refractivity (Wildman–Crippen MR) is 74.5 cm³/mol. The lowest BCUT2D eigenvalue weighted by Gasteiger charge is -2.27. The first-order valence-corrected chi connectivity index (χ1v) is 6.28. The van der Waals surface area contributed by atoms with Gasteiger partial charge in [0.2, 0.25) is 0 Å². The van der Waals surface area contributed by atoms with Crippen LogP contribution in [0.25, 0.3) is 0 Å². The van der Waals surface area contributed by atoms with Crippen LogP contribution in [0.5, 0.6) is 0 Å². The molecule has 0 unspecified atom stereocenters. The van der Waals surface area contributed by atoms with Crippen molar-refractivity contribution in [2.75, 3.05) is 27.2 Å². The second-order valence-electron chi connectivity index (χ2n) is 5.32. The number of carbonyl (C=O) groups excluding carboxylic acids is 1. The number of halogens is 1. The molecule has 106 valence electrons. The average molecular weight is 267 g/mol. The highest BCUT2D eigenvalue weighted by Gasteiger charge is 2.22. The molecule has 0 bridgehead atoms. The van der Waals surface area contributed by atoms with Crippen molar-refractivity contribution in [3.05, 3.63) is 35.6 Å². The first-order chi connectivity index (χ1) is 8.81. The Hall–Kier alpha value is -1.62. The summed E-state index contributed by atoms with van der Waals surface area (Å²) in [5, 5.41) is 5.61. The van der Waals surface area contributed by atoms with Crippen LogP contribution in [-0.4, -0.2) is 38.1 Å². The lowest BCUT2D eigenvalue weighted by molar-refractivity contribution is 0.228. The highest BCUT2D eigenvalue weighted by Crippen LogP contribution is 2.20. The third-order valence-electron chi connectivity index (χ3n) is 2.82. The van der Waals surface area contributed by atoms with E-state index in [1.807, 2.05) is 32.8 Å². The van der Waals surface area contributed by atoms with Crippen LogP contribution in [0.2, 0.25) is 0 Å². The van der Waals surface area contributed by atoms with E-state index in [4.69, 9.17) is 0 Å². The van der Waals surface area contributed by atoms with Gasteiger partial charge in [0.15, 0.2) is 0 Å². The maximum Gasteiger partial charge on any atom is 0.315 e. The second kappa shape index (κ2) is 6.52. The number of nitrogens with one attached hydrogen (secondary N) is 2. The standard InChI is InChI=1S/C14H22FN3O/c1-14(2,11-6-5-7-12(15)10-11)17-13(19)16-8-9-18(3)4/h5-7,10H,8-9H2,1-4H3,(H2,16,17,19). The smallest absolute Gasteiger partial charge is 0.315 e. The Balaban J connectivity index is 2.56. The SMILES string of the molecule is CN(C)CCNC(=O)NC(C)(C)c1cccc(F)c1. The second-order valence-corrected chi connectivity index (χ2v) is 5.32. The van der Waals surface area contributed by atoms with Crippen LogP contribution in [-0.2, 0) is 5.54 Å². The molecule has 0 radical (unpaired) electrons. The fraction of sp³-hybridized carbons (Fsp3) is 0.500. The Bertz CT molecular complexity index is 432. The van der Waals surface area contributed by atoms with Gasteiger partial charge in [0.05, 0.1) is 5.54 Å². The number of hydrogen-bond acceptors (Lipinski definition) is 2. The van der Waals surface area contributed by atoms with Gasteiger partial charge >= 0.3 is 6.03 Å².